The van der Waals surface area contributed by atoms with Crippen molar-refractivity contribution in [3.8, 4) is 67.0 Å². The minimum atomic E-state index is 0.640. The van der Waals surface area contributed by atoms with Crippen molar-refractivity contribution in [3.63, 3.8) is 0 Å². The van der Waals surface area contributed by atoms with Gasteiger partial charge in [0.2, 0.25) is 0 Å². The Labute approximate surface area is 308 Å². The minimum Gasteiger partial charge on any atom is -0.236 e. The van der Waals surface area contributed by atoms with Gasteiger partial charge >= 0.3 is 0 Å². The molecule has 52 heavy (non-hydrogen) atoms. The molecule has 0 bridgehead atoms. The van der Waals surface area contributed by atoms with Gasteiger partial charge in [-0.3, -0.25) is 0 Å². The second-order valence-corrected chi connectivity index (χ2v) is 14.7. The first-order valence-corrected chi connectivity index (χ1v) is 18.8. The van der Waals surface area contributed by atoms with E-state index in [0.29, 0.717) is 17.5 Å². The van der Waals surface area contributed by atoms with Gasteiger partial charge in [-0.1, -0.05) is 146 Å². The number of para-hydroxylation sites is 1. The highest BCUT2D eigenvalue weighted by Gasteiger charge is 2.21. The van der Waals surface area contributed by atoms with Gasteiger partial charge in [0.25, 0.3) is 0 Å². The predicted molar refractivity (Wildman–Crippen MR) is 219 cm³/mol. The number of thiazole rings is 1. The number of rotatable bonds is 6. The van der Waals surface area contributed by atoms with Gasteiger partial charge in [0.05, 0.1) is 10.2 Å². The molecule has 0 spiro atoms. The maximum absolute atomic E-state index is 5.19. The molecule has 0 saturated heterocycles. The Bertz CT molecular complexity index is 2850. The van der Waals surface area contributed by atoms with Crippen LogP contribution in [-0.2, 0) is 0 Å². The smallest absolute Gasteiger partial charge is 0.165 e. The van der Waals surface area contributed by atoms with E-state index in [1.807, 2.05) is 24.3 Å². The Hall–Kier alpha value is -6.34. The number of hydrogen-bond acceptors (Lipinski definition) is 6. The van der Waals surface area contributed by atoms with Crippen molar-refractivity contribution < 1.29 is 0 Å². The van der Waals surface area contributed by atoms with Crippen molar-refractivity contribution in [1.82, 2.24) is 19.9 Å². The maximum atomic E-state index is 5.19. The number of aromatic nitrogens is 4. The van der Waals surface area contributed by atoms with Gasteiger partial charge in [-0.05, 0) is 46.5 Å². The largest absolute Gasteiger partial charge is 0.236 e. The summed E-state index contributed by atoms with van der Waals surface area (Å²) in [4.78, 5) is 20.5. The predicted octanol–water partition coefficient (Wildman–Crippen LogP) is 12.9. The lowest BCUT2D eigenvalue weighted by atomic mass is 9.97. The third kappa shape index (κ3) is 5.37. The van der Waals surface area contributed by atoms with Crippen LogP contribution in [0.4, 0.5) is 0 Å². The van der Waals surface area contributed by atoms with Crippen molar-refractivity contribution in [2.75, 3.05) is 0 Å². The third-order valence-electron chi connectivity index (χ3n) is 9.41. The van der Waals surface area contributed by atoms with Gasteiger partial charge in [0.15, 0.2) is 17.5 Å². The normalized spacial score (nSPS) is 11.5. The molecule has 0 fully saturated rings. The number of fused-ring (bicyclic) bond motifs is 4. The Morgan fingerprint density at radius 1 is 0.327 bits per heavy atom. The van der Waals surface area contributed by atoms with Crippen molar-refractivity contribution in [3.05, 3.63) is 170 Å². The summed E-state index contributed by atoms with van der Waals surface area (Å²) in [6.07, 6.45) is 0. The Kier molecular flexibility index (Phi) is 7.48. The Morgan fingerprint density at radius 3 is 1.60 bits per heavy atom. The summed E-state index contributed by atoms with van der Waals surface area (Å²) in [5.74, 6) is 1.93. The van der Waals surface area contributed by atoms with Crippen LogP contribution in [0.2, 0.25) is 0 Å². The van der Waals surface area contributed by atoms with Crippen molar-refractivity contribution in [2.24, 2.45) is 0 Å². The quantitative estimate of drug-likeness (QED) is 0.173. The lowest BCUT2D eigenvalue weighted by Gasteiger charge is -2.10. The molecule has 4 nitrogen and oxygen atoms in total. The second kappa shape index (κ2) is 12.8. The molecule has 244 valence electrons. The summed E-state index contributed by atoms with van der Waals surface area (Å²) in [5, 5.41) is 3.42. The lowest BCUT2D eigenvalue weighted by molar-refractivity contribution is 1.08. The zero-order chi connectivity index (χ0) is 34.4. The van der Waals surface area contributed by atoms with E-state index in [1.165, 1.54) is 36.9 Å². The zero-order valence-electron chi connectivity index (χ0n) is 27.8. The van der Waals surface area contributed by atoms with Crippen LogP contribution in [-0.4, -0.2) is 19.9 Å². The molecular weight excluding hydrogens is 673 g/mol. The fourth-order valence-electron chi connectivity index (χ4n) is 6.88. The van der Waals surface area contributed by atoms with E-state index in [0.717, 1.165) is 43.0 Å². The van der Waals surface area contributed by atoms with E-state index in [2.05, 4.69) is 146 Å². The average Bonchev–Trinajstić information content (AvgIpc) is 3.84. The molecule has 0 radical (unpaired) electrons. The molecule has 0 atom stereocenters. The van der Waals surface area contributed by atoms with Gasteiger partial charge in [-0.15, -0.1) is 22.7 Å². The summed E-state index contributed by atoms with van der Waals surface area (Å²) < 4.78 is 3.53. The van der Waals surface area contributed by atoms with E-state index in [1.54, 1.807) is 22.7 Å². The summed E-state index contributed by atoms with van der Waals surface area (Å²) >= 11 is 3.53. The molecule has 10 aromatic rings. The van der Waals surface area contributed by atoms with Crippen LogP contribution in [0.5, 0.6) is 0 Å². The maximum Gasteiger partial charge on any atom is 0.165 e. The van der Waals surface area contributed by atoms with Crippen LogP contribution in [0.3, 0.4) is 0 Å². The number of hydrogen-bond donors (Lipinski definition) is 0. The minimum absolute atomic E-state index is 0.640. The first kappa shape index (κ1) is 30.5. The number of benzene rings is 7. The highest BCUT2D eigenvalue weighted by molar-refractivity contribution is 7.27. The van der Waals surface area contributed by atoms with Crippen LogP contribution in [0.25, 0.3) is 97.4 Å². The fourth-order valence-corrected chi connectivity index (χ4v) is 9.29. The zero-order valence-corrected chi connectivity index (χ0v) is 29.4. The van der Waals surface area contributed by atoms with E-state index < -0.39 is 0 Å². The molecule has 3 heterocycles. The van der Waals surface area contributed by atoms with Gasteiger partial charge in [-0.2, -0.15) is 0 Å². The molecule has 6 heteroatoms. The fraction of sp³-hybridized carbons (Fsp3) is 0. The van der Waals surface area contributed by atoms with E-state index in [4.69, 9.17) is 19.9 Å². The molecule has 0 aliphatic rings. The topological polar surface area (TPSA) is 51.6 Å². The highest BCUT2D eigenvalue weighted by Crippen LogP contribution is 2.48. The molecule has 0 aliphatic carbocycles. The third-order valence-corrected chi connectivity index (χ3v) is 11.8. The van der Waals surface area contributed by atoms with E-state index in [9.17, 15) is 0 Å². The molecule has 0 N–H and O–H groups in total. The summed E-state index contributed by atoms with van der Waals surface area (Å²) in [6.45, 7) is 0. The first-order valence-electron chi connectivity index (χ1n) is 17.1. The van der Waals surface area contributed by atoms with Gasteiger partial charge in [-0.25, -0.2) is 19.9 Å². The summed E-state index contributed by atoms with van der Waals surface area (Å²) in [7, 11) is 0. The molecule has 0 unspecified atom stereocenters. The van der Waals surface area contributed by atoms with E-state index in [-0.39, 0.29) is 0 Å². The molecular formula is C46H28N4S2. The monoisotopic (exact) mass is 700 g/mol. The lowest BCUT2D eigenvalue weighted by Crippen LogP contribution is -2.00. The van der Waals surface area contributed by atoms with Crippen molar-refractivity contribution in [1.29, 1.82) is 0 Å². The molecule has 10 rings (SSSR count). The standard InChI is InChI=1S/C46H28N4S2/c1-4-13-29(14-5-1)30-23-25-33(26-24-30)44-48-43(32-17-8-3-9-18-32)49-45(50-44)36-20-12-19-35-40-34(31-15-6-2-7-16-31)27-28-37(42(40)52-41(35)36)46-47-38-21-10-11-22-39(38)51-46/h1-28H. The summed E-state index contributed by atoms with van der Waals surface area (Å²) in [5.41, 5.74) is 9.73. The van der Waals surface area contributed by atoms with Gasteiger partial charge < -0.3 is 0 Å². The van der Waals surface area contributed by atoms with Crippen molar-refractivity contribution >= 4 is 53.1 Å². The van der Waals surface area contributed by atoms with Crippen molar-refractivity contribution in [2.45, 2.75) is 0 Å². The van der Waals surface area contributed by atoms with Gasteiger partial charge in [0.1, 0.15) is 5.01 Å². The molecule has 7 aromatic carbocycles. The second-order valence-electron chi connectivity index (χ2n) is 12.6. The molecule has 0 amide bonds. The molecule has 3 aromatic heterocycles. The van der Waals surface area contributed by atoms with Crippen LogP contribution >= 0.6 is 22.7 Å². The molecule has 0 aliphatic heterocycles. The van der Waals surface area contributed by atoms with Crippen LogP contribution in [0.1, 0.15) is 0 Å². The van der Waals surface area contributed by atoms with E-state index >= 15 is 0 Å². The molecule has 0 saturated carbocycles. The number of nitrogens with zero attached hydrogens (tertiary/aromatic N) is 4. The Balaban J connectivity index is 1.20. The van der Waals surface area contributed by atoms with Crippen LogP contribution in [0, 0.1) is 0 Å². The highest BCUT2D eigenvalue weighted by atomic mass is 32.1. The van der Waals surface area contributed by atoms with Gasteiger partial charge in [0, 0.05) is 42.4 Å². The first-order chi connectivity index (χ1) is 25.8. The number of thiophene rings is 1. The Morgan fingerprint density at radius 2 is 0.885 bits per heavy atom. The SMILES string of the molecule is c1ccc(-c2ccc(-c3nc(-c4ccccc4)nc(-c4cccc5c4sc4c(-c6nc7ccccc7s6)ccc(-c6ccccc6)c45)n3)cc2)cc1. The summed E-state index contributed by atoms with van der Waals surface area (Å²) in [6, 6.07) is 59.1. The average molecular weight is 701 g/mol. The van der Waals surface area contributed by atoms with Crippen LogP contribution < -0.4 is 0 Å². The van der Waals surface area contributed by atoms with Crippen LogP contribution in [0.15, 0.2) is 170 Å².